The van der Waals surface area contributed by atoms with Gasteiger partial charge in [0, 0.05) is 13.0 Å². The lowest BCUT2D eigenvalue weighted by atomic mass is 9.49. The van der Waals surface area contributed by atoms with Crippen molar-refractivity contribution in [3.8, 4) is 0 Å². The van der Waals surface area contributed by atoms with Crippen LogP contribution in [0.25, 0.3) is 0 Å². The molecule has 1 aromatic rings. The van der Waals surface area contributed by atoms with Gasteiger partial charge in [-0.05, 0) is 73.3 Å². The number of rotatable bonds is 3. The Morgan fingerprint density at radius 1 is 1.08 bits per heavy atom. The molecule has 4 saturated carbocycles. The molecule has 0 aromatic heterocycles. The summed E-state index contributed by atoms with van der Waals surface area (Å²) in [7, 11) is 0. The van der Waals surface area contributed by atoms with Crippen LogP contribution in [0.3, 0.4) is 0 Å². The Hall–Kier alpha value is -1.84. The monoisotopic (exact) mass is 339 g/mol. The van der Waals surface area contributed by atoms with Crippen LogP contribution in [0.1, 0.15) is 54.4 Å². The van der Waals surface area contributed by atoms with Gasteiger partial charge in [-0.15, -0.1) is 0 Å². The molecule has 1 heterocycles. The number of hydrogen-bond acceptors (Lipinski definition) is 3. The van der Waals surface area contributed by atoms with Gasteiger partial charge in [0.1, 0.15) is 0 Å². The zero-order valence-corrected chi connectivity index (χ0v) is 14.5. The van der Waals surface area contributed by atoms with Crippen LogP contribution in [0.2, 0.25) is 0 Å². The second-order valence-electron chi connectivity index (χ2n) is 8.89. The average molecular weight is 339 g/mol. The van der Waals surface area contributed by atoms with Crippen LogP contribution in [0.15, 0.2) is 24.3 Å². The predicted molar refractivity (Wildman–Crippen MR) is 93.0 cm³/mol. The highest BCUT2D eigenvalue weighted by molar-refractivity contribution is 5.95. The van der Waals surface area contributed by atoms with Gasteiger partial charge in [-0.2, -0.15) is 0 Å². The number of benzene rings is 1. The van der Waals surface area contributed by atoms with Crippen molar-refractivity contribution in [3.63, 3.8) is 0 Å². The average Bonchev–Trinajstić information content (AvgIpc) is 2.58. The van der Waals surface area contributed by atoms with Gasteiger partial charge >= 0.3 is 5.97 Å². The second-order valence-corrected chi connectivity index (χ2v) is 8.89. The van der Waals surface area contributed by atoms with Crippen LogP contribution in [0.5, 0.6) is 0 Å². The van der Waals surface area contributed by atoms with Gasteiger partial charge in [0.15, 0.2) is 6.10 Å². The minimum atomic E-state index is -0.684. The molecule has 6 rings (SSSR count). The van der Waals surface area contributed by atoms with Gasteiger partial charge in [-0.3, -0.25) is 4.79 Å². The number of esters is 1. The number of carbonyl (C=O) groups excluding carboxylic acids is 2. The van der Waals surface area contributed by atoms with Crippen molar-refractivity contribution in [1.82, 2.24) is 5.32 Å². The number of carbonyl (C=O) groups is 2. The molecular weight excluding hydrogens is 314 g/mol. The van der Waals surface area contributed by atoms with E-state index in [1.807, 2.05) is 18.2 Å². The van der Waals surface area contributed by atoms with Crippen molar-refractivity contribution in [2.75, 3.05) is 6.54 Å². The Bertz CT molecular complexity index is 690. The fourth-order valence-electron chi connectivity index (χ4n) is 6.37. The van der Waals surface area contributed by atoms with Crippen LogP contribution >= 0.6 is 0 Å². The highest BCUT2D eigenvalue weighted by atomic mass is 16.5. The van der Waals surface area contributed by atoms with Crippen LogP contribution in [-0.4, -0.2) is 24.5 Å². The van der Waals surface area contributed by atoms with Gasteiger partial charge < -0.3 is 10.1 Å². The quantitative estimate of drug-likeness (QED) is 0.861. The summed E-state index contributed by atoms with van der Waals surface area (Å²) in [6.45, 7) is 0.755. The van der Waals surface area contributed by atoms with Crippen LogP contribution in [0, 0.1) is 23.2 Å². The standard InChI is InChI=1S/C21H25NO3/c23-19(18-8-16-3-1-2-4-17(16)20(24)25-18)22-12-21-9-13-5-14(10-21)7-15(6-13)11-21/h1-4,13-15,18H,5-12H2,(H,22,23)/t13?,14?,15?,18-,21?/m1/s1. The highest BCUT2D eigenvalue weighted by Crippen LogP contribution is 2.59. The zero-order valence-electron chi connectivity index (χ0n) is 14.5. The van der Waals surface area contributed by atoms with Crippen LogP contribution in [0.4, 0.5) is 0 Å². The molecule has 1 N–H and O–H groups in total. The second kappa shape index (κ2) is 5.58. The van der Waals surface area contributed by atoms with E-state index in [-0.39, 0.29) is 11.9 Å². The molecule has 0 radical (unpaired) electrons. The first-order chi connectivity index (χ1) is 12.1. The van der Waals surface area contributed by atoms with E-state index in [0.29, 0.717) is 17.4 Å². The molecule has 0 spiro atoms. The normalized spacial score (nSPS) is 38.2. The van der Waals surface area contributed by atoms with E-state index in [0.717, 1.165) is 29.9 Å². The van der Waals surface area contributed by atoms with E-state index in [1.165, 1.54) is 38.5 Å². The van der Waals surface area contributed by atoms with Gasteiger partial charge in [-0.1, -0.05) is 18.2 Å². The molecule has 4 aliphatic carbocycles. The summed E-state index contributed by atoms with van der Waals surface area (Å²) in [5.74, 6) is 2.13. The molecule has 25 heavy (non-hydrogen) atoms. The molecular formula is C21H25NO3. The van der Waals surface area contributed by atoms with E-state index in [4.69, 9.17) is 4.74 Å². The Kier molecular flexibility index (Phi) is 3.44. The van der Waals surface area contributed by atoms with E-state index in [2.05, 4.69) is 5.32 Å². The smallest absolute Gasteiger partial charge is 0.339 e. The largest absolute Gasteiger partial charge is 0.448 e. The molecule has 1 amide bonds. The highest BCUT2D eigenvalue weighted by Gasteiger charge is 2.51. The topological polar surface area (TPSA) is 55.4 Å². The van der Waals surface area contributed by atoms with Crippen molar-refractivity contribution in [1.29, 1.82) is 0 Å². The van der Waals surface area contributed by atoms with Gasteiger partial charge in [0.05, 0.1) is 5.56 Å². The number of cyclic esters (lactones) is 1. The third kappa shape index (κ3) is 2.66. The minimum absolute atomic E-state index is 0.126. The third-order valence-electron chi connectivity index (χ3n) is 6.99. The number of ether oxygens (including phenoxy) is 1. The fourth-order valence-corrected chi connectivity index (χ4v) is 6.37. The minimum Gasteiger partial charge on any atom is -0.448 e. The number of hydrogen-bond donors (Lipinski definition) is 1. The van der Waals surface area contributed by atoms with Crippen molar-refractivity contribution in [2.24, 2.45) is 23.2 Å². The molecule has 1 atom stereocenters. The summed E-state index contributed by atoms with van der Waals surface area (Å²) in [6.07, 6.45) is 7.83. The first-order valence-electron chi connectivity index (χ1n) is 9.67. The van der Waals surface area contributed by atoms with Gasteiger partial charge in [0.2, 0.25) is 0 Å². The van der Waals surface area contributed by atoms with E-state index in [9.17, 15) is 9.59 Å². The summed E-state index contributed by atoms with van der Waals surface area (Å²) >= 11 is 0. The maximum atomic E-state index is 12.7. The summed E-state index contributed by atoms with van der Waals surface area (Å²) in [5.41, 5.74) is 1.81. The summed E-state index contributed by atoms with van der Waals surface area (Å²) in [6, 6.07) is 7.41. The van der Waals surface area contributed by atoms with Crippen LogP contribution < -0.4 is 5.32 Å². The zero-order chi connectivity index (χ0) is 17.0. The summed E-state index contributed by atoms with van der Waals surface area (Å²) < 4.78 is 5.40. The fraction of sp³-hybridized carbons (Fsp3) is 0.619. The molecule has 1 aliphatic heterocycles. The third-order valence-corrected chi connectivity index (χ3v) is 6.99. The van der Waals surface area contributed by atoms with Gasteiger partial charge in [-0.25, -0.2) is 4.79 Å². The molecule has 4 bridgehead atoms. The lowest BCUT2D eigenvalue weighted by Gasteiger charge is -2.57. The molecule has 4 fully saturated rings. The Morgan fingerprint density at radius 3 is 2.40 bits per heavy atom. The first kappa shape index (κ1) is 15.4. The Morgan fingerprint density at radius 2 is 1.72 bits per heavy atom. The molecule has 0 unspecified atom stereocenters. The van der Waals surface area contributed by atoms with E-state index >= 15 is 0 Å². The molecule has 5 aliphatic rings. The van der Waals surface area contributed by atoms with Gasteiger partial charge in [0.25, 0.3) is 5.91 Å². The molecule has 1 aromatic carbocycles. The number of fused-ring (bicyclic) bond motifs is 1. The molecule has 132 valence electrons. The Balaban J connectivity index is 1.25. The van der Waals surface area contributed by atoms with E-state index in [1.54, 1.807) is 6.07 Å². The maximum absolute atomic E-state index is 12.7. The van der Waals surface area contributed by atoms with Crippen LogP contribution in [-0.2, 0) is 16.0 Å². The Labute approximate surface area is 148 Å². The van der Waals surface area contributed by atoms with Crippen molar-refractivity contribution in [2.45, 2.75) is 51.0 Å². The maximum Gasteiger partial charge on any atom is 0.339 e. The first-order valence-corrected chi connectivity index (χ1v) is 9.67. The van der Waals surface area contributed by atoms with Crippen molar-refractivity contribution >= 4 is 11.9 Å². The van der Waals surface area contributed by atoms with E-state index < -0.39 is 6.10 Å². The number of amides is 1. The molecule has 4 heteroatoms. The lowest BCUT2D eigenvalue weighted by molar-refractivity contribution is -0.132. The van der Waals surface area contributed by atoms with Crippen molar-refractivity contribution < 1.29 is 14.3 Å². The predicted octanol–water partition coefficient (Wildman–Crippen LogP) is 3.10. The number of nitrogens with one attached hydrogen (secondary N) is 1. The summed E-state index contributed by atoms with van der Waals surface area (Å²) in [4.78, 5) is 24.8. The lowest BCUT2D eigenvalue weighted by Crippen LogP contribution is -2.53. The summed E-state index contributed by atoms with van der Waals surface area (Å²) in [5, 5.41) is 3.14. The van der Waals surface area contributed by atoms with Crippen molar-refractivity contribution in [3.05, 3.63) is 35.4 Å². The molecule has 4 nitrogen and oxygen atoms in total. The SMILES string of the molecule is O=C1O[C@@H](C(=O)NCC23CC4CC(CC(C4)C2)C3)Cc2ccccc21. The molecule has 0 saturated heterocycles.